The van der Waals surface area contributed by atoms with Gasteiger partial charge in [0.25, 0.3) is 11.8 Å². The minimum absolute atomic E-state index is 0.0205. The summed E-state index contributed by atoms with van der Waals surface area (Å²) in [6, 6.07) is 7.33. The fourth-order valence-electron chi connectivity index (χ4n) is 2.25. The van der Waals surface area contributed by atoms with Crippen LogP contribution in [0.25, 0.3) is 0 Å². The Kier molecular flexibility index (Phi) is 6.47. The Morgan fingerprint density at radius 2 is 1.72 bits per heavy atom. The van der Waals surface area contributed by atoms with E-state index in [1.54, 1.807) is 12.1 Å². The van der Waals surface area contributed by atoms with Crippen molar-refractivity contribution < 1.29 is 19.2 Å². The highest BCUT2D eigenvalue weighted by atomic mass is 16.7. The van der Waals surface area contributed by atoms with E-state index in [4.69, 9.17) is 16.0 Å². The van der Waals surface area contributed by atoms with Crippen LogP contribution in [0.4, 0.5) is 0 Å². The summed E-state index contributed by atoms with van der Waals surface area (Å²) in [5, 5.41) is 13.5. The number of guanidine groups is 1. The molecule has 0 radical (unpaired) electrons. The maximum absolute atomic E-state index is 11.8. The molecule has 1 fully saturated rings. The van der Waals surface area contributed by atoms with E-state index in [-0.39, 0.29) is 25.2 Å². The summed E-state index contributed by atoms with van der Waals surface area (Å²) in [6.07, 6.45) is 0.138. The third kappa shape index (κ3) is 5.88. The van der Waals surface area contributed by atoms with Crippen molar-refractivity contribution in [2.75, 3.05) is 13.1 Å². The van der Waals surface area contributed by atoms with Gasteiger partial charge in [-0.05, 0) is 11.1 Å². The number of carbonyl (C=O) groups excluding carboxylic acids is 3. The van der Waals surface area contributed by atoms with E-state index < -0.39 is 17.8 Å². The van der Waals surface area contributed by atoms with Gasteiger partial charge in [-0.1, -0.05) is 24.3 Å². The quantitative estimate of drug-likeness (QED) is 0.213. The molecule has 5 N–H and O–H groups in total. The number of benzene rings is 1. The van der Waals surface area contributed by atoms with E-state index in [0.717, 1.165) is 11.1 Å². The van der Waals surface area contributed by atoms with E-state index in [0.29, 0.717) is 24.7 Å². The SMILES string of the molecule is N=C(N)NCCNCc1ccc(CC(=O)ON2C(=O)CCC2=O)cc1. The third-order valence-electron chi connectivity index (χ3n) is 3.52. The molecule has 9 heteroatoms. The highest BCUT2D eigenvalue weighted by molar-refractivity contribution is 6.01. The molecular formula is C16H21N5O4. The molecule has 0 aromatic heterocycles. The van der Waals surface area contributed by atoms with Gasteiger partial charge in [0.15, 0.2) is 5.96 Å². The van der Waals surface area contributed by atoms with Crippen LogP contribution in [0.5, 0.6) is 0 Å². The Balaban J connectivity index is 1.74. The zero-order valence-corrected chi connectivity index (χ0v) is 13.7. The average Bonchev–Trinajstić information content (AvgIpc) is 2.87. The van der Waals surface area contributed by atoms with E-state index in [2.05, 4.69) is 10.6 Å². The number of rotatable bonds is 8. The Bertz CT molecular complexity index is 643. The molecular weight excluding hydrogens is 326 g/mol. The molecule has 0 bridgehead atoms. The number of hydrogen-bond acceptors (Lipinski definition) is 6. The summed E-state index contributed by atoms with van der Waals surface area (Å²) in [7, 11) is 0. The lowest BCUT2D eigenvalue weighted by Crippen LogP contribution is -2.35. The van der Waals surface area contributed by atoms with Crippen molar-refractivity contribution >= 4 is 23.7 Å². The summed E-state index contributed by atoms with van der Waals surface area (Å²) in [5.74, 6) is -1.68. The highest BCUT2D eigenvalue weighted by Crippen LogP contribution is 2.13. The molecule has 0 saturated carbocycles. The first-order chi connectivity index (χ1) is 12.0. The fraction of sp³-hybridized carbons (Fsp3) is 0.375. The summed E-state index contributed by atoms with van der Waals surface area (Å²) in [6.45, 7) is 1.86. The molecule has 2 rings (SSSR count). The largest absolute Gasteiger partial charge is 0.370 e. The molecule has 134 valence electrons. The summed E-state index contributed by atoms with van der Waals surface area (Å²) < 4.78 is 0. The number of hydrogen-bond donors (Lipinski definition) is 4. The van der Waals surface area contributed by atoms with Crippen LogP contribution in [0, 0.1) is 5.41 Å². The number of carbonyl (C=O) groups is 3. The van der Waals surface area contributed by atoms with Crippen molar-refractivity contribution in [3.8, 4) is 0 Å². The lowest BCUT2D eigenvalue weighted by molar-refractivity contribution is -0.197. The van der Waals surface area contributed by atoms with Gasteiger partial charge >= 0.3 is 5.97 Å². The summed E-state index contributed by atoms with van der Waals surface area (Å²) >= 11 is 0. The van der Waals surface area contributed by atoms with Gasteiger partial charge < -0.3 is 21.2 Å². The molecule has 1 saturated heterocycles. The van der Waals surface area contributed by atoms with Gasteiger partial charge in [-0.25, -0.2) is 4.79 Å². The number of nitrogens with zero attached hydrogens (tertiary/aromatic N) is 1. The van der Waals surface area contributed by atoms with Gasteiger partial charge in [-0.3, -0.25) is 15.0 Å². The van der Waals surface area contributed by atoms with Gasteiger partial charge in [0, 0.05) is 32.5 Å². The molecule has 1 aromatic carbocycles. The predicted molar refractivity (Wildman–Crippen MR) is 88.9 cm³/mol. The number of hydroxylamine groups is 2. The van der Waals surface area contributed by atoms with E-state index in [9.17, 15) is 14.4 Å². The van der Waals surface area contributed by atoms with Crippen molar-refractivity contribution in [2.24, 2.45) is 5.73 Å². The van der Waals surface area contributed by atoms with Crippen LogP contribution in [-0.4, -0.2) is 41.9 Å². The van der Waals surface area contributed by atoms with Gasteiger partial charge in [-0.15, -0.1) is 5.06 Å². The highest BCUT2D eigenvalue weighted by Gasteiger charge is 2.32. The smallest absolute Gasteiger partial charge is 0.337 e. The maximum Gasteiger partial charge on any atom is 0.337 e. The standard InChI is InChI=1S/C16H21N5O4/c17-16(18)20-8-7-19-10-12-3-1-11(2-4-12)9-15(24)25-21-13(22)5-6-14(21)23/h1-4,19H,5-10H2,(H4,17,18,20). The first-order valence-corrected chi connectivity index (χ1v) is 7.88. The van der Waals surface area contributed by atoms with Gasteiger partial charge in [0.05, 0.1) is 6.42 Å². The molecule has 0 unspecified atom stereocenters. The number of nitrogens with one attached hydrogen (secondary N) is 3. The summed E-state index contributed by atoms with van der Waals surface area (Å²) in [4.78, 5) is 39.5. The van der Waals surface area contributed by atoms with Crippen molar-refractivity contribution in [1.29, 1.82) is 5.41 Å². The van der Waals surface area contributed by atoms with Gasteiger partial charge in [0.1, 0.15) is 0 Å². The van der Waals surface area contributed by atoms with Crippen LogP contribution in [0.15, 0.2) is 24.3 Å². The van der Waals surface area contributed by atoms with Crippen molar-refractivity contribution in [3.05, 3.63) is 35.4 Å². The Morgan fingerprint density at radius 1 is 1.12 bits per heavy atom. The van der Waals surface area contributed by atoms with Crippen LogP contribution >= 0.6 is 0 Å². The van der Waals surface area contributed by atoms with Crippen LogP contribution in [0.3, 0.4) is 0 Å². The minimum atomic E-state index is -0.648. The number of amides is 2. The van der Waals surface area contributed by atoms with Crippen molar-refractivity contribution in [1.82, 2.24) is 15.7 Å². The molecule has 1 aliphatic heterocycles. The molecule has 0 spiro atoms. The second kappa shape index (κ2) is 8.78. The maximum atomic E-state index is 11.8. The molecule has 9 nitrogen and oxygen atoms in total. The second-order valence-corrected chi connectivity index (χ2v) is 5.56. The fourth-order valence-corrected chi connectivity index (χ4v) is 2.25. The molecule has 0 atom stereocenters. The lowest BCUT2D eigenvalue weighted by Gasteiger charge is -2.12. The molecule has 1 heterocycles. The summed E-state index contributed by atoms with van der Waals surface area (Å²) in [5.41, 5.74) is 6.94. The minimum Gasteiger partial charge on any atom is -0.370 e. The van der Waals surface area contributed by atoms with Crippen LogP contribution in [-0.2, 0) is 32.2 Å². The molecule has 0 aliphatic carbocycles. The zero-order chi connectivity index (χ0) is 18.2. The lowest BCUT2D eigenvalue weighted by atomic mass is 10.1. The Hall–Kier alpha value is -2.94. The predicted octanol–water partition coefficient (Wildman–Crippen LogP) is -0.591. The van der Waals surface area contributed by atoms with Crippen molar-refractivity contribution in [3.63, 3.8) is 0 Å². The molecule has 1 aliphatic rings. The van der Waals surface area contributed by atoms with Crippen molar-refractivity contribution in [2.45, 2.75) is 25.8 Å². The Labute approximate surface area is 145 Å². The number of nitrogens with two attached hydrogens (primary N) is 1. The van der Waals surface area contributed by atoms with Crippen LogP contribution < -0.4 is 16.4 Å². The molecule has 2 amide bonds. The third-order valence-corrected chi connectivity index (χ3v) is 3.52. The van der Waals surface area contributed by atoms with E-state index >= 15 is 0 Å². The van der Waals surface area contributed by atoms with Crippen LogP contribution in [0.1, 0.15) is 24.0 Å². The number of imide groups is 1. The second-order valence-electron chi connectivity index (χ2n) is 5.56. The normalized spacial score (nSPS) is 13.8. The average molecular weight is 347 g/mol. The molecule has 1 aromatic rings. The Morgan fingerprint density at radius 3 is 2.32 bits per heavy atom. The molecule has 25 heavy (non-hydrogen) atoms. The van der Waals surface area contributed by atoms with Gasteiger partial charge in [-0.2, -0.15) is 0 Å². The first kappa shape index (κ1) is 18.4. The van der Waals surface area contributed by atoms with E-state index in [1.807, 2.05) is 12.1 Å². The first-order valence-electron chi connectivity index (χ1n) is 7.88. The monoisotopic (exact) mass is 347 g/mol. The zero-order valence-electron chi connectivity index (χ0n) is 13.7. The van der Waals surface area contributed by atoms with Gasteiger partial charge in [0.2, 0.25) is 0 Å². The van der Waals surface area contributed by atoms with Crippen LogP contribution in [0.2, 0.25) is 0 Å². The van der Waals surface area contributed by atoms with E-state index in [1.165, 1.54) is 0 Å². The topological polar surface area (TPSA) is 138 Å².